The summed E-state index contributed by atoms with van der Waals surface area (Å²) in [5.41, 5.74) is 0.644. The van der Waals surface area contributed by atoms with Crippen molar-refractivity contribution in [3.63, 3.8) is 0 Å². The number of rotatable bonds is 3. The van der Waals surface area contributed by atoms with Crippen molar-refractivity contribution >= 4 is 5.97 Å². The number of aryl methyl sites for hydroxylation is 1. The number of carboxylic acid groups (broad SMARTS) is 1. The van der Waals surface area contributed by atoms with Crippen LogP contribution in [0.25, 0.3) is 0 Å². The van der Waals surface area contributed by atoms with Gasteiger partial charge in [-0.1, -0.05) is 5.21 Å². The average Bonchev–Trinajstić information content (AvgIpc) is 2.49. The average molecular weight is 169 g/mol. The van der Waals surface area contributed by atoms with E-state index < -0.39 is 11.9 Å². The first-order valence-corrected chi connectivity index (χ1v) is 3.78. The summed E-state index contributed by atoms with van der Waals surface area (Å²) in [6, 6.07) is 0. The standard InChI is InChI=1S/C7H11N3O2/c1-3-10-6(4-8-9-10)5(2)7(11)12/h4-5H,3H2,1-2H3,(H,11,12). The molecule has 0 saturated carbocycles. The van der Waals surface area contributed by atoms with E-state index in [2.05, 4.69) is 10.3 Å². The largest absolute Gasteiger partial charge is 0.481 e. The minimum Gasteiger partial charge on any atom is -0.481 e. The zero-order valence-corrected chi connectivity index (χ0v) is 7.06. The number of hydrogen-bond donors (Lipinski definition) is 1. The third-order valence-corrected chi connectivity index (χ3v) is 1.76. The number of carbonyl (C=O) groups is 1. The van der Waals surface area contributed by atoms with Gasteiger partial charge in [0.2, 0.25) is 0 Å². The molecule has 0 aliphatic heterocycles. The zero-order chi connectivity index (χ0) is 9.14. The topological polar surface area (TPSA) is 68.0 Å². The normalized spacial score (nSPS) is 12.8. The Morgan fingerprint density at radius 1 is 1.83 bits per heavy atom. The molecule has 12 heavy (non-hydrogen) atoms. The van der Waals surface area contributed by atoms with Crippen molar-refractivity contribution < 1.29 is 9.90 Å². The van der Waals surface area contributed by atoms with E-state index >= 15 is 0 Å². The number of aromatic nitrogens is 3. The summed E-state index contributed by atoms with van der Waals surface area (Å²) < 4.78 is 1.58. The fourth-order valence-corrected chi connectivity index (χ4v) is 0.973. The highest BCUT2D eigenvalue weighted by molar-refractivity contribution is 5.74. The highest BCUT2D eigenvalue weighted by Crippen LogP contribution is 2.12. The molecule has 0 saturated heterocycles. The third kappa shape index (κ3) is 1.44. The van der Waals surface area contributed by atoms with E-state index in [0.29, 0.717) is 12.2 Å². The molecule has 0 aliphatic carbocycles. The molecule has 1 aromatic rings. The second-order valence-electron chi connectivity index (χ2n) is 2.53. The monoisotopic (exact) mass is 169 g/mol. The van der Waals surface area contributed by atoms with Crippen LogP contribution in [0, 0.1) is 0 Å². The number of hydrogen-bond acceptors (Lipinski definition) is 3. The van der Waals surface area contributed by atoms with Crippen molar-refractivity contribution in [3.8, 4) is 0 Å². The van der Waals surface area contributed by atoms with E-state index in [1.54, 1.807) is 11.6 Å². The molecule has 0 aromatic carbocycles. The SMILES string of the molecule is CCn1nncc1C(C)C(=O)O. The first-order valence-electron chi connectivity index (χ1n) is 3.78. The van der Waals surface area contributed by atoms with Gasteiger partial charge in [-0.2, -0.15) is 0 Å². The van der Waals surface area contributed by atoms with Gasteiger partial charge in [-0.05, 0) is 13.8 Å². The van der Waals surface area contributed by atoms with Crippen molar-refractivity contribution in [1.29, 1.82) is 0 Å². The molecule has 0 bridgehead atoms. The van der Waals surface area contributed by atoms with Crippen molar-refractivity contribution in [2.75, 3.05) is 0 Å². The highest BCUT2D eigenvalue weighted by atomic mass is 16.4. The van der Waals surface area contributed by atoms with Gasteiger partial charge in [0.05, 0.1) is 17.8 Å². The maximum absolute atomic E-state index is 10.6. The van der Waals surface area contributed by atoms with Gasteiger partial charge in [-0.15, -0.1) is 5.10 Å². The minimum absolute atomic E-state index is 0.542. The molecule has 1 unspecified atom stereocenters. The predicted octanol–water partition coefficient (Wildman–Crippen LogP) is 0.486. The summed E-state index contributed by atoms with van der Waals surface area (Å²) in [6.07, 6.45) is 1.49. The van der Waals surface area contributed by atoms with Crippen molar-refractivity contribution in [2.45, 2.75) is 26.3 Å². The fraction of sp³-hybridized carbons (Fsp3) is 0.571. The zero-order valence-electron chi connectivity index (χ0n) is 7.06. The summed E-state index contributed by atoms with van der Waals surface area (Å²) in [5.74, 6) is -1.40. The fourth-order valence-electron chi connectivity index (χ4n) is 0.973. The van der Waals surface area contributed by atoms with Crippen molar-refractivity contribution in [3.05, 3.63) is 11.9 Å². The van der Waals surface area contributed by atoms with Crippen molar-refractivity contribution in [2.24, 2.45) is 0 Å². The smallest absolute Gasteiger partial charge is 0.312 e. The summed E-state index contributed by atoms with van der Waals surface area (Å²) in [4.78, 5) is 10.6. The number of carboxylic acids is 1. The van der Waals surface area contributed by atoms with E-state index in [1.165, 1.54) is 6.20 Å². The Kier molecular flexibility index (Phi) is 2.42. The lowest BCUT2D eigenvalue weighted by atomic mass is 10.1. The van der Waals surface area contributed by atoms with Gasteiger partial charge in [0.15, 0.2) is 0 Å². The van der Waals surface area contributed by atoms with Crippen LogP contribution < -0.4 is 0 Å². The molecular formula is C7H11N3O2. The lowest BCUT2D eigenvalue weighted by molar-refractivity contribution is -0.138. The van der Waals surface area contributed by atoms with Gasteiger partial charge in [0.25, 0.3) is 0 Å². The summed E-state index contributed by atoms with van der Waals surface area (Å²) in [6.45, 7) is 4.16. The third-order valence-electron chi connectivity index (χ3n) is 1.76. The Bertz CT molecular complexity index is 282. The van der Waals surface area contributed by atoms with Crippen LogP contribution in [0.5, 0.6) is 0 Å². The second-order valence-corrected chi connectivity index (χ2v) is 2.53. The van der Waals surface area contributed by atoms with E-state index in [-0.39, 0.29) is 0 Å². The van der Waals surface area contributed by atoms with Gasteiger partial charge in [0, 0.05) is 6.54 Å². The van der Waals surface area contributed by atoms with Crippen LogP contribution in [0.3, 0.4) is 0 Å². The van der Waals surface area contributed by atoms with E-state index in [4.69, 9.17) is 5.11 Å². The van der Waals surface area contributed by atoms with Crippen LogP contribution in [0.1, 0.15) is 25.5 Å². The molecule has 1 aromatic heterocycles. The van der Waals surface area contributed by atoms with Gasteiger partial charge < -0.3 is 5.11 Å². The van der Waals surface area contributed by atoms with E-state index in [0.717, 1.165) is 0 Å². The van der Waals surface area contributed by atoms with Gasteiger partial charge in [-0.25, -0.2) is 4.68 Å². The van der Waals surface area contributed by atoms with Gasteiger partial charge >= 0.3 is 5.97 Å². The first-order chi connectivity index (χ1) is 5.66. The molecule has 66 valence electrons. The first kappa shape index (κ1) is 8.70. The maximum atomic E-state index is 10.6. The highest BCUT2D eigenvalue weighted by Gasteiger charge is 2.17. The quantitative estimate of drug-likeness (QED) is 0.714. The molecule has 1 heterocycles. The van der Waals surface area contributed by atoms with Crippen LogP contribution in [0.4, 0.5) is 0 Å². The van der Waals surface area contributed by atoms with Gasteiger partial charge in [0.1, 0.15) is 0 Å². The molecule has 5 heteroatoms. The lowest BCUT2D eigenvalue weighted by Gasteiger charge is -2.06. The maximum Gasteiger partial charge on any atom is 0.312 e. The summed E-state index contributed by atoms with van der Waals surface area (Å²) in [7, 11) is 0. The Labute approximate surface area is 70.0 Å². The lowest BCUT2D eigenvalue weighted by Crippen LogP contribution is -2.13. The van der Waals surface area contributed by atoms with Crippen LogP contribution in [0.2, 0.25) is 0 Å². The molecule has 0 fully saturated rings. The Morgan fingerprint density at radius 3 is 3.00 bits per heavy atom. The molecule has 0 amide bonds. The molecule has 1 N–H and O–H groups in total. The van der Waals surface area contributed by atoms with Crippen molar-refractivity contribution in [1.82, 2.24) is 15.0 Å². The Balaban J connectivity index is 2.93. The van der Waals surface area contributed by atoms with Gasteiger partial charge in [-0.3, -0.25) is 4.79 Å². The molecule has 0 aliphatic rings. The Hall–Kier alpha value is -1.39. The predicted molar refractivity (Wildman–Crippen MR) is 41.7 cm³/mol. The van der Waals surface area contributed by atoms with E-state index in [9.17, 15) is 4.79 Å². The van der Waals surface area contributed by atoms with Crippen LogP contribution in [0.15, 0.2) is 6.20 Å². The molecular weight excluding hydrogens is 158 g/mol. The van der Waals surface area contributed by atoms with Crippen LogP contribution in [-0.2, 0) is 11.3 Å². The summed E-state index contributed by atoms with van der Waals surface area (Å²) in [5, 5.41) is 16.1. The Morgan fingerprint density at radius 2 is 2.50 bits per heavy atom. The second kappa shape index (κ2) is 3.34. The molecule has 0 radical (unpaired) electrons. The van der Waals surface area contributed by atoms with E-state index in [1.807, 2.05) is 6.92 Å². The molecule has 0 spiro atoms. The molecule has 5 nitrogen and oxygen atoms in total. The van der Waals surface area contributed by atoms with Crippen LogP contribution in [-0.4, -0.2) is 26.1 Å². The minimum atomic E-state index is -0.855. The molecule has 1 rings (SSSR count). The summed E-state index contributed by atoms with van der Waals surface area (Å²) >= 11 is 0. The van der Waals surface area contributed by atoms with Crippen LogP contribution >= 0.6 is 0 Å². The number of aliphatic carboxylic acids is 1. The molecule has 1 atom stereocenters. The number of nitrogens with zero attached hydrogens (tertiary/aromatic N) is 3.